The molecule has 0 atom stereocenters. The smallest absolute Gasteiger partial charge is 0.255 e. The number of sulfonamides is 1. The largest absolute Gasteiger partial charge is 0.322 e. The molecule has 7 heteroatoms. The summed E-state index contributed by atoms with van der Waals surface area (Å²) in [4.78, 5) is 12.7. The fourth-order valence-electron chi connectivity index (χ4n) is 3.09. The minimum Gasteiger partial charge on any atom is -0.322 e. The second kappa shape index (κ2) is 8.00. The van der Waals surface area contributed by atoms with Crippen LogP contribution in [-0.4, -0.2) is 31.7 Å². The molecule has 1 fully saturated rings. The Balaban J connectivity index is 1.74. The van der Waals surface area contributed by atoms with Gasteiger partial charge in [-0.2, -0.15) is 4.31 Å². The van der Waals surface area contributed by atoms with Crippen LogP contribution in [0.3, 0.4) is 0 Å². The van der Waals surface area contributed by atoms with E-state index in [0.717, 1.165) is 18.4 Å². The number of benzene rings is 2. The zero-order valence-corrected chi connectivity index (χ0v) is 17.0. The Morgan fingerprint density at radius 2 is 1.74 bits per heavy atom. The highest BCUT2D eigenvalue weighted by Crippen LogP contribution is 2.25. The highest BCUT2D eigenvalue weighted by molar-refractivity contribution is 7.89. The molecule has 0 unspecified atom stereocenters. The molecule has 1 heterocycles. The Hall–Kier alpha value is -1.89. The lowest BCUT2D eigenvalue weighted by atomic mass is 10.0. The predicted octanol–water partition coefficient (Wildman–Crippen LogP) is 4.32. The Morgan fingerprint density at radius 3 is 2.37 bits per heavy atom. The zero-order chi connectivity index (χ0) is 19.6. The van der Waals surface area contributed by atoms with Gasteiger partial charge in [0.2, 0.25) is 10.0 Å². The number of rotatable bonds is 4. The summed E-state index contributed by atoms with van der Waals surface area (Å²) in [5, 5.41) is 3.38. The highest BCUT2D eigenvalue weighted by atomic mass is 35.5. The van der Waals surface area contributed by atoms with Crippen molar-refractivity contribution in [1.82, 2.24) is 4.31 Å². The van der Waals surface area contributed by atoms with Gasteiger partial charge in [0.25, 0.3) is 5.91 Å². The molecular formula is C20H23ClN2O3S. The summed E-state index contributed by atoms with van der Waals surface area (Å²) in [7, 11) is -3.51. The molecule has 1 saturated heterocycles. The predicted molar refractivity (Wildman–Crippen MR) is 108 cm³/mol. The summed E-state index contributed by atoms with van der Waals surface area (Å²) in [6.07, 6.45) is 1.75. The first-order valence-electron chi connectivity index (χ1n) is 8.95. The molecule has 1 aliphatic heterocycles. The lowest BCUT2D eigenvalue weighted by Crippen LogP contribution is -2.37. The number of hydrogen-bond acceptors (Lipinski definition) is 3. The van der Waals surface area contributed by atoms with Gasteiger partial charge in [-0.1, -0.05) is 24.6 Å². The molecule has 1 N–H and O–H groups in total. The standard InChI is InChI=1S/C20H23ClN2O3S/c1-14-10-12-23(13-11-14)27(25,26)17-8-6-16(7-9-17)20(24)22-19-5-3-4-18(21)15(19)2/h3-9,14H,10-13H2,1-2H3,(H,22,24). The Bertz CT molecular complexity index is 934. The quantitative estimate of drug-likeness (QED) is 0.822. The van der Waals surface area contributed by atoms with E-state index in [4.69, 9.17) is 11.6 Å². The van der Waals surface area contributed by atoms with E-state index in [1.165, 1.54) is 28.6 Å². The van der Waals surface area contributed by atoms with E-state index in [0.29, 0.717) is 35.3 Å². The van der Waals surface area contributed by atoms with Gasteiger partial charge < -0.3 is 5.32 Å². The van der Waals surface area contributed by atoms with Crippen molar-refractivity contribution in [3.63, 3.8) is 0 Å². The Kier molecular flexibility index (Phi) is 5.89. The minimum atomic E-state index is -3.51. The summed E-state index contributed by atoms with van der Waals surface area (Å²) in [6.45, 7) is 5.05. The number of nitrogens with one attached hydrogen (secondary N) is 1. The second-order valence-corrected chi connectivity index (χ2v) is 9.32. The van der Waals surface area contributed by atoms with Crippen LogP contribution in [0.1, 0.15) is 35.7 Å². The number of carbonyl (C=O) groups is 1. The van der Waals surface area contributed by atoms with Gasteiger partial charge in [0, 0.05) is 29.4 Å². The van der Waals surface area contributed by atoms with E-state index in [2.05, 4.69) is 12.2 Å². The van der Waals surface area contributed by atoms with Crippen molar-refractivity contribution < 1.29 is 13.2 Å². The van der Waals surface area contributed by atoms with Gasteiger partial charge in [-0.15, -0.1) is 0 Å². The molecule has 27 heavy (non-hydrogen) atoms. The molecule has 2 aromatic carbocycles. The maximum absolute atomic E-state index is 12.8. The van der Waals surface area contributed by atoms with Gasteiger partial charge in [-0.25, -0.2) is 8.42 Å². The SMILES string of the molecule is Cc1c(Cl)cccc1NC(=O)c1ccc(S(=O)(=O)N2CCC(C)CC2)cc1. The third-order valence-corrected chi connectivity index (χ3v) is 7.34. The summed E-state index contributed by atoms with van der Waals surface area (Å²) in [5.74, 6) is 0.244. The number of amides is 1. The molecule has 5 nitrogen and oxygen atoms in total. The van der Waals surface area contributed by atoms with Gasteiger partial charge in [-0.3, -0.25) is 4.79 Å². The lowest BCUT2D eigenvalue weighted by Gasteiger charge is -2.29. The number of nitrogens with zero attached hydrogens (tertiary/aromatic N) is 1. The number of anilines is 1. The van der Waals surface area contributed by atoms with E-state index >= 15 is 0 Å². The summed E-state index contributed by atoms with van der Waals surface area (Å²) >= 11 is 6.07. The first-order chi connectivity index (χ1) is 12.8. The van der Waals surface area contributed by atoms with Crippen LogP contribution in [0.25, 0.3) is 0 Å². The molecule has 0 radical (unpaired) electrons. The van der Waals surface area contributed by atoms with Crippen molar-refractivity contribution in [1.29, 1.82) is 0 Å². The van der Waals surface area contributed by atoms with Crippen LogP contribution in [0.5, 0.6) is 0 Å². The topological polar surface area (TPSA) is 66.5 Å². The van der Waals surface area contributed by atoms with Crippen LogP contribution < -0.4 is 5.32 Å². The van der Waals surface area contributed by atoms with E-state index in [1.54, 1.807) is 18.2 Å². The lowest BCUT2D eigenvalue weighted by molar-refractivity contribution is 0.102. The fraction of sp³-hybridized carbons (Fsp3) is 0.350. The minimum absolute atomic E-state index is 0.215. The van der Waals surface area contributed by atoms with E-state index in [9.17, 15) is 13.2 Å². The van der Waals surface area contributed by atoms with Gasteiger partial charge in [0.15, 0.2) is 0 Å². The summed E-state index contributed by atoms with van der Waals surface area (Å²) < 4.78 is 27.0. The van der Waals surface area contributed by atoms with Crippen molar-refractivity contribution >= 4 is 33.2 Å². The maximum Gasteiger partial charge on any atom is 0.255 e. The van der Waals surface area contributed by atoms with Crippen LogP contribution in [-0.2, 0) is 10.0 Å². The Morgan fingerprint density at radius 1 is 1.11 bits per heavy atom. The van der Waals surface area contributed by atoms with Crippen LogP contribution >= 0.6 is 11.6 Å². The third-order valence-electron chi connectivity index (χ3n) is 5.01. The van der Waals surface area contributed by atoms with Crippen LogP contribution in [0.4, 0.5) is 5.69 Å². The average Bonchev–Trinajstić information content (AvgIpc) is 2.66. The van der Waals surface area contributed by atoms with Crippen LogP contribution in [0.15, 0.2) is 47.4 Å². The molecule has 0 spiro atoms. The summed E-state index contributed by atoms with van der Waals surface area (Å²) in [6, 6.07) is 11.4. The number of piperidine rings is 1. The molecular weight excluding hydrogens is 384 g/mol. The van der Waals surface area contributed by atoms with Crippen LogP contribution in [0, 0.1) is 12.8 Å². The molecule has 0 saturated carbocycles. The van der Waals surface area contributed by atoms with Crippen molar-refractivity contribution in [3.05, 3.63) is 58.6 Å². The normalized spacial score (nSPS) is 16.3. The maximum atomic E-state index is 12.8. The summed E-state index contributed by atoms with van der Waals surface area (Å²) in [5.41, 5.74) is 1.80. The molecule has 144 valence electrons. The van der Waals surface area contributed by atoms with Crippen molar-refractivity contribution in [2.45, 2.75) is 31.6 Å². The van der Waals surface area contributed by atoms with Crippen LogP contribution in [0.2, 0.25) is 5.02 Å². The molecule has 0 aromatic heterocycles. The van der Waals surface area contributed by atoms with E-state index < -0.39 is 10.0 Å². The first-order valence-corrected chi connectivity index (χ1v) is 10.8. The highest BCUT2D eigenvalue weighted by Gasteiger charge is 2.28. The average molecular weight is 407 g/mol. The van der Waals surface area contributed by atoms with E-state index in [1.807, 2.05) is 6.92 Å². The second-order valence-electron chi connectivity index (χ2n) is 6.98. The fourth-order valence-corrected chi connectivity index (χ4v) is 4.73. The van der Waals surface area contributed by atoms with E-state index in [-0.39, 0.29) is 10.8 Å². The van der Waals surface area contributed by atoms with Crippen molar-refractivity contribution in [3.8, 4) is 0 Å². The Labute approximate surface area is 165 Å². The zero-order valence-electron chi connectivity index (χ0n) is 15.4. The number of carbonyl (C=O) groups excluding carboxylic acids is 1. The molecule has 3 rings (SSSR count). The number of halogens is 1. The van der Waals surface area contributed by atoms with Crippen molar-refractivity contribution in [2.24, 2.45) is 5.92 Å². The van der Waals surface area contributed by atoms with Crippen molar-refractivity contribution in [2.75, 3.05) is 18.4 Å². The van der Waals surface area contributed by atoms with Gasteiger partial charge in [0.05, 0.1) is 4.90 Å². The monoisotopic (exact) mass is 406 g/mol. The first kappa shape index (κ1) is 19.9. The molecule has 2 aromatic rings. The van der Waals surface area contributed by atoms with Gasteiger partial charge in [0.1, 0.15) is 0 Å². The number of hydrogen-bond donors (Lipinski definition) is 1. The molecule has 1 amide bonds. The van der Waals surface area contributed by atoms with Gasteiger partial charge >= 0.3 is 0 Å². The molecule has 0 aliphatic carbocycles. The van der Waals surface area contributed by atoms with Gasteiger partial charge in [-0.05, 0) is 67.6 Å². The molecule has 0 bridgehead atoms. The third kappa shape index (κ3) is 4.34. The molecule has 1 aliphatic rings.